The molecule has 104 valence electrons. The first-order chi connectivity index (χ1) is 8.29. The van der Waals surface area contributed by atoms with Gasteiger partial charge in [-0.1, -0.05) is 6.92 Å². The topological polar surface area (TPSA) is 67.4 Å². The molecule has 1 saturated heterocycles. The molecule has 1 heterocycles. The zero-order chi connectivity index (χ0) is 13.8. The molecule has 1 atom stereocenters. The molecule has 0 radical (unpaired) electrons. The molecule has 0 aromatic carbocycles. The van der Waals surface area contributed by atoms with E-state index in [1.54, 1.807) is 20.8 Å². The number of alkyl carbamates (subject to hydrolysis) is 1. The van der Waals surface area contributed by atoms with Crippen LogP contribution in [-0.2, 0) is 9.53 Å². The lowest BCUT2D eigenvalue weighted by atomic mass is 9.85. The summed E-state index contributed by atoms with van der Waals surface area (Å²) in [5.74, 6) is 0.0561. The summed E-state index contributed by atoms with van der Waals surface area (Å²) in [6, 6.07) is 0. The molecule has 1 amide bonds. The Hall–Kier alpha value is -1.10. The van der Waals surface area contributed by atoms with Crippen molar-refractivity contribution in [2.75, 3.05) is 13.1 Å². The first-order valence-electron chi connectivity index (χ1n) is 6.54. The molecule has 5 heteroatoms. The lowest BCUT2D eigenvalue weighted by Gasteiger charge is -2.37. The minimum atomic E-state index is -0.796. The van der Waals surface area contributed by atoms with E-state index in [4.69, 9.17) is 4.74 Å². The SMILES string of the molecule is CCC(=O)C1(NC(=O)OC(C)(C)C)CCCNC1. The molecule has 0 aromatic heterocycles. The maximum atomic E-state index is 12.1. The van der Waals surface area contributed by atoms with E-state index in [1.165, 1.54) is 0 Å². The first-order valence-corrected chi connectivity index (χ1v) is 6.54. The van der Waals surface area contributed by atoms with Gasteiger partial charge in [-0.3, -0.25) is 4.79 Å². The summed E-state index contributed by atoms with van der Waals surface area (Å²) in [5.41, 5.74) is -1.35. The summed E-state index contributed by atoms with van der Waals surface area (Å²) in [6.07, 6.45) is 1.44. The van der Waals surface area contributed by atoms with Crippen LogP contribution >= 0.6 is 0 Å². The molecule has 1 unspecified atom stereocenters. The van der Waals surface area contributed by atoms with Crippen LogP contribution in [-0.4, -0.2) is 36.1 Å². The highest BCUT2D eigenvalue weighted by molar-refractivity contribution is 5.92. The van der Waals surface area contributed by atoms with Crippen molar-refractivity contribution in [1.82, 2.24) is 10.6 Å². The molecule has 1 aliphatic heterocycles. The van der Waals surface area contributed by atoms with E-state index < -0.39 is 17.2 Å². The second-order valence-electron chi connectivity index (χ2n) is 5.77. The van der Waals surface area contributed by atoms with E-state index in [2.05, 4.69) is 10.6 Å². The average molecular weight is 256 g/mol. The minimum Gasteiger partial charge on any atom is -0.444 e. The van der Waals surface area contributed by atoms with E-state index in [-0.39, 0.29) is 5.78 Å². The van der Waals surface area contributed by atoms with Crippen LogP contribution in [0.15, 0.2) is 0 Å². The summed E-state index contributed by atoms with van der Waals surface area (Å²) in [4.78, 5) is 23.9. The molecule has 0 aliphatic carbocycles. The van der Waals surface area contributed by atoms with Crippen molar-refractivity contribution in [2.45, 2.75) is 58.1 Å². The number of Topliss-reactive ketones (excluding diaryl/α,β-unsaturated/α-hetero) is 1. The Balaban J connectivity index is 2.73. The largest absolute Gasteiger partial charge is 0.444 e. The van der Waals surface area contributed by atoms with Gasteiger partial charge in [-0.05, 0) is 40.2 Å². The van der Waals surface area contributed by atoms with Crippen molar-refractivity contribution in [3.8, 4) is 0 Å². The molecule has 1 fully saturated rings. The third-order valence-corrected chi connectivity index (χ3v) is 2.98. The zero-order valence-electron chi connectivity index (χ0n) is 11.8. The van der Waals surface area contributed by atoms with Crippen LogP contribution in [0.25, 0.3) is 0 Å². The van der Waals surface area contributed by atoms with Crippen molar-refractivity contribution < 1.29 is 14.3 Å². The predicted molar refractivity (Wildman–Crippen MR) is 69.5 cm³/mol. The van der Waals surface area contributed by atoms with Gasteiger partial charge in [0.2, 0.25) is 0 Å². The summed E-state index contributed by atoms with van der Waals surface area (Å²) >= 11 is 0. The van der Waals surface area contributed by atoms with E-state index in [0.29, 0.717) is 19.4 Å². The van der Waals surface area contributed by atoms with Crippen molar-refractivity contribution >= 4 is 11.9 Å². The average Bonchev–Trinajstić information content (AvgIpc) is 2.26. The Morgan fingerprint density at radius 2 is 2.06 bits per heavy atom. The quantitative estimate of drug-likeness (QED) is 0.805. The fraction of sp³-hybridized carbons (Fsp3) is 0.846. The van der Waals surface area contributed by atoms with Crippen LogP contribution in [0.1, 0.15) is 47.0 Å². The molecule has 0 saturated carbocycles. The van der Waals surface area contributed by atoms with Gasteiger partial charge >= 0.3 is 6.09 Å². The number of rotatable bonds is 3. The van der Waals surface area contributed by atoms with Gasteiger partial charge in [0.25, 0.3) is 0 Å². The second-order valence-corrected chi connectivity index (χ2v) is 5.77. The highest BCUT2D eigenvalue weighted by Crippen LogP contribution is 2.20. The molecule has 5 nitrogen and oxygen atoms in total. The van der Waals surface area contributed by atoms with Crippen LogP contribution < -0.4 is 10.6 Å². The number of hydrogen-bond acceptors (Lipinski definition) is 4. The summed E-state index contributed by atoms with van der Waals surface area (Å²) < 4.78 is 5.23. The Kier molecular flexibility index (Phi) is 4.73. The van der Waals surface area contributed by atoms with Gasteiger partial charge in [-0.2, -0.15) is 0 Å². The highest BCUT2D eigenvalue weighted by atomic mass is 16.6. The van der Waals surface area contributed by atoms with Crippen molar-refractivity contribution in [3.05, 3.63) is 0 Å². The fourth-order valence-corrected chi connectivity index (χ4v) is 2.16. The van der Waals surface area contributed by atoms with Crippen LogP contribution in [0.2, 0.25) is 0 Å². The number of piperidine rings is 1. The molecular weight excluding hydrogens is 232 g/mol. The molecule has 2 N–H and O–H groups in total. The smallest absolute Gasteiger partial charge is 0.408 e. The van der Waals surface area contributed by atoms with E-state index >= 15 is 0 Å². The van der Waals surface area contributed by atoms with Crippen LogP contribution in [0.5, 0.6) is 0 Å². The normalized spacial score (nSPS) is 24.4. The standard InChI is InChI=1S/C13H24N2O3/c1-5-10(16)13(7-6-8-14-9-13)15-11(17)18-12(2,3)4/h14H,5-9H2,1-4H3,(H,15,17). The van der Waals surface area contributed by atoms with Gasteiger partial charge in [0.05, 0.1) is 0 Å². The lowest BCUT2D eigenvalue weighted by Crippen LogP contribution is -2.62. The minimum absolute atomic E-state index is 0.0561. The van der Waals surface area contributed by atoms with E-state index in [0.717, 1.165) is 13.0 Å². The summed E-state index contributed by atoms with van der Waals surface area (Å²) in [5, 5.41) is 5.93. The fourth-order valence-electron chi connectivity index (χ4n) is 2.16. The van der Waals surface area contributed by atoms with Gasteiger partial charge in [0.15, 0.2) is 5.78 Å². The Labute approximate surface area is 109 Å². The monoisotopic (exact) mass is 256 g/mol. The number of ether oxygens (including phenoxy) is 1. The first kappa shape index (κ1) is 15.0. The zero-order valence-corrected chi connectivity index (χ0v) is 11.8. The van der Waals surface area contributed by atoms with Gasteiger partial charge < -0.3 is 15.4 Å². The second kappa shape index (κ2) is 5.69. The lowest BCUT2D eigenvalue weighted by molar-refractivity contribution is -0.126. The molecule has 1 rings (SSSR count). The van der Waals surface area contributed by atoms with Gasteiger partial charge in [0.1, 0.15) is 11.1 Å². The Bertz CT molecular complexity index is 315. The number of hydrogen-bond donors (Lipinski definition) is 2. The number of carbonyl (C=O) groups excluding carboxylic acids is 2. The summed E-state index contributed by atoms with van der Waals surface area (Å²) in [6.45, 7) is 8.60. The van der Waals surface area contributed by atoms with Gasteiger partial charge in [-0.15, -0.1) is 0 Å². The third kappa shape index (κ3) is 3.98. The molecule has 18 heavy (non-hydrogen) atoms. The molecule has 0 aromatic rings. The highest BCUT2D eigenvalue weighted by Gasteiger charge is 2.40. The maximum absolute atomic E-state index is 12.1. The number of nitrogens with one attached hydrogen (secondary N) is 2. The van der Waals surface area contributed by atoms with E-state index in [9.17, 15) is 9.59 Å². The van der Waals surface area contributed by atoms with Crippen molar-refractivity contribution in [1.29, 1.82) is 0 Å². The molecule has 0 bridgehead atoms. The van der Waals surface area contributed by atoms with Crippen LogP contribution in [0, 0.1) is 0 Å². The van der Waals surface area contributed by atoms with Gasteiger partial charge in [-0.25, -0.2) is 4.79 Å². The molecule has 0 spiro atoms. The van der Waals surface area contributed by atoms with E-state index in [1.807, 2.05) is 6.92 Å². The van der Waals surface area contributed by atoms with Crippen LogP contribution in [0.4, 0.5) is 4.79 Å². The van der Waals surface area contributed by atoms with Crippen LogP contribution in [0.3, 0.4) is 0 Å². The van der Waals surface area contributed by atoms with Gasteiger partial charge in [0, 0.05) is 13.0 Å². The number of ketones is 1. The maximum Gasteiger partial charge on any atom is 0.408 e. The number of amides is 1. The Morgan fingerprint density at radius 3 is 2.50 bits per heavy atom. The predicted octanol–water partition coefficient (Wildman–Crippen LogP) is 1.61. The number of carbonyl (C=O) groups is 2. The molecular formula is C13H24N2O3. The molecule has 1 aliphatic rings. The van der Waals surface area contributed by atoms with Crippen molar-refractivity contribution in [3.63, 3.8) is 0 Å². The third-order valence-electron chi connectivity index (χ3n) is 2.98. The Morgan fingerprint density at radius 1 is 1.39 bits per heavy atom. The summed E-state index contributed by atoms with van der Waals surface area (Å²) in [7, 11) is 0. The van der Waals surface area contributed by atoms with Crippen molar-refractivity contribution in [2.24, 2.45) is 0 Å².